The highest BCUT2D eigenvalue weighted by molar-refractivity contribution is 5.87. The van der Waals surface area contributed by atoms with Crippen LogP contribution < -0.4 is 10.4 Å². The van der Waals surface area contributed by atoms with E-state index < -0.39 is 0 Å². The molecule has 0 amide bonds. The van der Waals surface area contributed by atoms with E-state index in [1.54, 1.807) is 6.07 Å². The molecule has 27 heavy (non-hydrogen) atoms. The van der Waals surface area contributed by atoms with Crippen molar-refractivity contribution in [3.8, 4) is 5.75 Å². The molecule has 0 saturated carbocycles. The molecule has 0 saturated heterocycles. The highest BCUT2D eigenvalue weighted by Gasteiger charge is 2.12. The molecule has 0 aliphatic carbocycles. The van der Waals surface area contributed by atoms with Gasteiger partial charge in [0.15, 0.2) is 0 Å². The summed E-state index contributed by atoms with van der Waals surface area (Å²) >= 11 is 0. The Morgan fingerprint density at radius 1 is 0.963 bits per heavy atom. The van der Waals surface area contributed by atoms with Gasteiger partial charge < -0.3 is 9.15 Å². The summed E-state index contributed by atoms with van der Waals surface area (Å²) in [7, 11) is 0. The first kappa shape index (κ1) is 17.3. The van der Waals surface area contributed by atoms with E-state index in [-0.39, 0.29) is 5.63 Å². The van der Waals surface area contributed by atoms with Crippen molar-refractivity contribution >= 4 is 21.7 Å². The molecule has 0 unspecified atom stereocenters. The third-order valence-electron chi connectivity index (χ3n) is 5.22. The van der Waals surface area contributed by atoms with Crippen LogP contribution in [0, 0.1) is 13.8 Å². The zero-order chi connectivity index (χ0) is 19.0. The van der Waals surface area contributed by atoms with Gasteiger partial charge in [-0.25, -0.2) is 4.79 Å². The topological polar surface area (TPSA) is 39.4 Å². The molecule has 0 atom stereocenters. The van der Waals surface area contributed by atoms with Gasteiger partial charge in [-0.05, 0) is 54.3 Å². The van der Waals surface area contributed by atoms with Crippen LogP contribution in [0.15, 0.2) is 63.8 Å². The van der Waals surface area contributed by atoms with E-state index in [4.69, 9.17) is 9.15 Å². The predicted molar refractivity (Wildman–Crippen MR) is 110 cm³/mol. The maximum Gasteiger partial charge on any atom is 0.336 e. The number of ether oxygens (including phenoxy) is 1. The number of fused-ring (bicyclic) bond motifs is 2. The van der Waals surface area contributed by atoms with Crippen LogP contribution in [0.1, 0.15) is 29.2 Å². The van der Waals surface area contributed by atoms with Crippen LogP contribution in [-0.4, -0.2) is 0 Å². The summed E-state index contributed by atoms with van der Waals surface area (Å²) in [6.07, 6.45) is 0.789. The van der Waals surface area contributed by atoms with Gasteiger partial charge in [0.05, 0.1) is 0 Å². The molecule has 3 nitrogen and oxygen atoms in total. The number of hydrogen-bond acceptors (Lipinski definition) is 3. The van der Waals surface area contributed by atoms with Crippen LogP contribution in [0.4, 0.5) is 0 Å². The lowest BCUT2D eigenvalue weighted by Crippen LogP contribution is -2.03. The second kappa shape index (κ2) is 6.92. The normalized spacial score (nSPS) is 11.2. The molecule has 4 rings (SSSR count). The molecule has 3 heteroatoms. The SMILES string of the molecule is CCc1cc(=O)oc2c(C)c(OCc3c(C)ccc4ccccc34)ccc12. The Morgan fingerprint density at radius 2 is 1.78 bits per heavy atom. The fourth-order valence-electron chi connectivity index (χ4n) is 3.64. The summed E-state index contributed by atoms with van der Waals surface area (Å²) in [6.45, 7) is 6.55. The van der Waals surface area contributed by atoms with Crippen molar-refractivity contribution in [3.05, 3.63) is 87.3 Å². The molecule has 0 bridgehead atoms. The molecule has 136 valence electrons. The highest BCUT2D eigenvalue weighted by Crippen LogP contribution is 2.30. The molecular formula is C24H22O3. The van der Waals surface area contributed by atoms with Crippen LogP contribution in [0.5, 0.6) is 5.75 Å². The largest absolute Gasteiger partial charge is 0.488 e. The molecule has 3 aromatic carbocycles. The number of rotatable bonds is 4. The summed E-state index contributed by atoms with van der Waals surface area (Å²) in [5.41, 5.74) is 4.54. The lowest BCUT2D eigenvalue weighted by atomic mass is 10.0. The monoisotopic (exact) mass is 358 g/mol. The van der Waals surface area contributed by atoms with Crippen molar-refractivity contribution < 1.29 is 9.15 Å². The minimum Gasteiger partial charge on any atom is -0.488 e. The van der Waals surface area contributed by atoms with Crippen molar-refractivity contribution in [3.63, 3.8) is 0 Å². The molecular weight excluding hydrogens is 336 g/mol. The van der Waals surface area contributed by atoms with Gasteiger partial charge in [-0.3, -0.25) is 0 Å². The molecule has 0 fully saturated rings. The molecule has 0 N–H and O–H groups in total. The fourth-order valence-corrected chi connectivity index (χ4v) is 3.64. The number of benzene rings is 3. The lowest BCUT2D eigenvalue weighted by Gasteiger charge is -2.15. The van der Waals surface area contributed by atoms with Crippen molar-refractivity contribution in [1.29, 1.82) is 0 Å². The maximum absolute atomic E-state index is 11.9. The van der Waals surface area contributed by atoms with Crippen LogP contribution in [0.25, 0.3) is 21.7 Å². The molecule has 0 aliphatic rings. The predicted octanol–water partition coefficient (Wildman–Crippen LogP) is 5.70. The quantitative estimate of drug-likeness (QED) is 0.439. The third-order valence-corrected chi connectivity index (χ3v) is 5.22. The van der Waals surface area contributed by atoms with Crippen LogP contribution in [0.3, 0.4) is 0 Å². The molecule has 0 spiro atoms. The van der Waals surface area contributed by atoms with E-state index in [1.165, 1.54) is 21.9 Å². The second-order valence-electron chi connectivity index (χ2n) is 6.88. The van der Waals surface area contributed by atoms with E-state index in [0.717, 1.165) is 28.7 Å². The van der Waals surface area contributed by atoms with Gasteiger partial charge in [0.25, 0.3) is 0 Å². The Bertz CT molecular complexity index is 1200. The van der Waals surface area contributed by atoms with Gasteiger partial charge in [-0.2, -0.15) is 0 Å². The maximum atomic E-state index is 11.9. The first-order chi connectivity index (χ1) is 13.1. The van der Waals surface area contributed by atoms with E-state index in [0.29, 0.717) is 12.2 Å². The third kappa shape index (κ3) is 3.10. The van der Waals surface area contributed by atoms with Crippen LogP contribution in [-0.2, 0) is 13.0 Å². The molecule has 1 aromatic heterocycles. The number of hydrogen-bond donors (Lipinski definition) is 0. The molecule has 0 aliphatic heterocycles. The summed E-state index contributed by atoms with van der Waals surface area (Å²) in [5.74, 6) is 0.742. The summed E-state index contributed by atoms with van der Waals surface area (Å²) in [6, 6.07) is 18.1. The molecule has 0 radical (unpaired) electrons. The Labute approximate surface area is 158 Å². The van der Waals surface area contributed by atoms with E-state index >= 15 is 0 Å². The van der Waals surface area contributed by atoms with E-state index in [2.05, 4.69) is 31.2 Å². The van der Waals surface area contributed by atoms with Crippen molar-refractivity contribution in [2.75, 3.05) is 0 Å². The van der Waals surface area contributed by atoms with Gasteiger partial charge in [-0.1, -0.05) is 43.3 Å². The lowest BCUT2D eigenvalue weighted by molar-refractivity contribution is 0.304. The Balaban J connectivity index is 1.74. The van der Waals surface area contributed by atoms with Crippen LogP contribution in [0.2, 0.25) is 0 Å². The second-order valence-corrected chi connectivity index (χ2v) is 6.88. The Kier molecular flexibility index (Phi) is 4.44. The average Bonchev–Trinajstić information content (AvgIpc) is 2.68. The highest BCUT2D eigenvalue weighted by atomic mass is 16.5. The summed E-state index contributed by atoms with van der Waals surface area (Å²) in [4.78, 5) is 11.9. The van der Waals surface area contributed by atoms with Crippen molar-refractivity contribution in [1.82, 2.24) is 0 Å². The van der Waals surface area contributed by atoms with Gasteiger partial charge in [0.1, 0.15) is 17.9 Å². The first-order valence-corrected chi connectivity index (χ1v) is 9.25. The van der Waals surface area contributed by atoms with Crippen molar-refractivity contribution in [2.45, 2.75) is 33.8 Å². The summed E-state index contributed by atoms with van der Waals surface area (Å²) in [5, 5.41) is 3.38. The van der Waals surface area contributed by atoms with E-state index in [1.807, 2.05) is 38.1 Å². The van der Waals surface area contributed by atoms with Crippen LogP contribution >= 0.6 is 0 Å². The van der Waals surface area contributed by atoms with E-state index in [9.17, 15) is 4.79 Å². The van der Waals surface area contributed by atoms with Crippen molar-refractivity contribution in [2.24, 2.45) is 0 Å². The van der Waals surface area contributed by atoms with Gasteiger partial charge in [0, 0.05) is 22.6 Å². The zero-order valence-corrected chi connectivity index (χ0v) is 15.8. The first-order valence-electron chi connectivity index (χ1n) is 9.25. The standard InChI is InChI=1S/C24H22O3/c1-4-17-13-23(25)27-24-16(3)22(12-11-20(17)24)26-14-21-15(2)9-10-18-7-5-6-8-19(18)21/h5-13H,4,14H2,1-3H3. The number of aryl methyl sites for hydroxylation is 3. The fraction of sp³-hybridized carbons (Fsp3) is 0.208. The average molecular weight is 358 g/mol. The smallest absolute Gasteiger partial charge is 0.336 e. The Morgan fingerprint density at radius 3 is 2.59 bits per heavy atom. The summed E-state index contributed by atoms with van der Waals surface area (Å²) < 4.78 is 11.7. The molecule has 1 heterocycles. The minimum atomic E-state index is -0.315. The van der Waals surface area contributed by atoms with Gasteiger partial charge >= 0.3 is 5.63 Å². The Hall–Kier alpha value is -3.07. The van der Waals surface area contributed by atoms with Gasteiger partial charge in [0.2, 0.25) is 0 Å². The van der Waals surface area contributed by atoms with Gasteiger partial charge in [-0.15, -0.1) is 0 Å². The minimum absolute atomic E-state index is 0.315. The zero-order valence-electron chi connectivity index (χ0n) is 15.8. The molecule has 4 aromatic rings.